The molecule has 1 amide bonds. The van der Waals surface area contributed by atoms with Crippen LogP contribution < -0.4 is 14.8 Å². The van der Waals surface area contributed by atoms with Gasteiger partial charge >= 0.3 is 5.97 Å². The van der Waals surface area contributed by atoms with E-state index in [-0.39, 0.29) is 33.7 Å². The topological polar surface area (TPSA) is 122 Å². The van der Waals surface area contributed by atoms with Gasteiger partial charge in [-0.2, -0.15) is 4.72 Å². The SMILES string of the molecule is CCCC(NS(=O)(=O)c1cc(Cl)c(NC(C)=O)cc1OC)C(=O)O. The second kappa shape index (κ2) is 8.32. The van der Waals surface area contributed by atoms with Gasteiger partial charge in [0.2, 0.25) is 15.9 Å². The third-order valence-corrected chi connectivity index (χ3v) is 4.83. The van der Waals surface area contributed by atoms with E-state index in [1.165, 1.54) is 20.1 Å². The molecule has 1 rings (SSSR count). The number of halogens is 1. The molecule has 0 aliphatic rings. The van der Waals surface area contributed by atoms with Crippen LogP contribution in [0.2, 0.25) is 5.02 Å². The number of anilines is 1. The Bertz CT molecular complexity index is 735. The number of amides is 1. The van der Waals surface area contributed by atoms with Gasteiger partial charge in [-0.3, -0.25) is 9.59 Å². The maximum absolute atomic E-state index is 12.5. The standard InChI is InChI=1S/C14H19ClN2O6S/c1-4-5-10(14(19)20)17-24(21,22)13-6-9(15)11(16-8(2)18)7-12(13)23-3/h6-7,10,17H,4-5H2,1-3H3,(H,16,18)(H,19,20). The van der Waals surface area contributed by atoms with Gasteiger partial charge < -0.3 is 15.2 Å². The highest BCUT2D eigenvalue weighted by molar-refractivity contribution is 7.89. The highest BCUT2D eigenvalue weighted by atomic mass is 35.5. The molecule has 0 radical (unpaired) electrons. The lowest BCUT2D eigenvalue weighted by Gasteiger charge is -2.17. The summed E-state index contributed by atoms with van der Waals surface area (Å²) in [6.07, 6.45) is 0.618. The average molecular weight is 379 g/mol. The summed E-state index contributed by atoms with van der Waals surface area (Å²) >= 11 is 5.99. The van der Waals surface area contributed by atoms with Crippen molar-refractivity contribution >= 4 is 39.2 Å². The highest BCUT2D eigenvalue weighted by Crippen LogP contribution is 2.33. The number of aliphatic carboxylic acids is 1. The van der Waals surface area contributed by atoms with Crippen molar-refractivity contribution in [2.45, 2.75) is 37.6 Å². The van der Waals surface area contributed by atoms with Gasteiger partial charge in [0.15, 0.2) is 0 Å². The van der Waals surface area contributed by atoms with Gasteiger partial charge in [-0.1, -0.05) is 24.9 Å². The lowest BCUT2D eigenvalue weighted by atomic mass is 10.2. The number of nitrogens with one attached hydrogen (secondary N) is 2. The summed E-state index contributed by atoms with van der Waals surface area (Å²) in [5, 5.41) is 11.5. The first-order valence-corrected chi connectivity index (χ1v) is 8.88. The minimum Gasteiger partial charge on any atom is -0.495 e. The molecule has 134 valence electrons. The Labute approximate surface area is 145 Å². The largest absolute Gasteiger partial charge is 0.495 e. The van der Waals surface area contributed by atoms with Crippen LogP contribution in [-0.4, -0.2) is 38.6 Å². The molecule has 0 saturated carbocycles. The van der Waals surface area contributed by atoms with Crippen LogP contribution in [0.3, 0.4) is 0 Å². The summed E-state index contributed by atoms with van der Waals surface area (Å²) in [4.78, 5) is 22.0. The summed E-state index contributed by atoms with van der Waals surface area (Å²) in [6, 6.07) is 1.09. The van der Waals surface area contributed by atoms with E-state index in [0.717, 1.165) is 6.07 Å². The number of rotatable bonds is 8. The number of methoxy groups -OCH3 is 1. The van der Waals surface area contributed by atoms with Gasteiger partial charge in [0.25, 0.3) is 0 Å². The van der Waals surface area contributed by atoms with Gasteiger partial charge in [-0.25, -0.2) is 8.42 Å². The molecule has 0 spiro atoms. The maximum atomic E-state index is 12.5. The van der Waals surface area contributed by atoms with Gasteiger partial charge in [0, 0.05) is 13.0 Å². The van der Waals surface area contributed by atoms with Crippen LogP contribution in [0.25, 0.3) is 0 Å². The number of carboxylic acid groups (broad SMARTS) is 1. The Balaban J connectivity index is 3.30. The third kappa shape index (κ3) is 5.08. The highest BCUT2D eigenvalue weighted by Gasteiger charge is 2.28. The minimum atomic E-state index is -4.19. The van der Waals surface area contributed by atoms with E-state index in [9.17, 15) is 18.0 Å². The quantitative estimate of drug-likeness (QED) is 0.634. The molecule has 1 aromatic carbocycles. The van der Waals surface area contributed by atoms with E-state index in [1.807, 2.05) is 0 Å². The van der Waals surface area contributed by atoms with Gasteiger partial charge in [0.1, 0.15) is 16.7 Å². The number of carboxylic acids is 1. The fourth-order valence-corrected chi connectivity index (χ4v) is 3.64. The summed E-state index contributed by atoms with van der Waals surface area (Å²) < 4.78 is 32.1. The van der Waals surface area contributed by atoms with Crippen molar-refractivity contribution in [3.05, 3.63) is 17.2 Å². The van der Waals surface area contributed by atoms with E-state index in [0.29, 0.717) is 6.42 Å². The number of hydrogen-bond donors (Lipinski definition) is 3. The van der Waals surface area contributed by atoms with E-state index in [1.54, 1.807) is 6.92 Å². The van der Waals surface area contributed by atoms with Crippen molar-refractivity contribution in [3.8, 4) is 5.75 Å². The first kappa shape index (κ1) is 20.2. The zero-order valence-electron chi connectivity index (χ0n) is 13.4. The summed E-state index contributed by atoms with van der Waals surface area (Å²) in [5.41, 5.74) is 0.184. The lowest BCUT2D eigenvalue weighted by molar-refractivity contribution is -0.139. The van der Waals surface area contributed by atoms with Gasteiger partial charge in [-0.05, 0) is 12.5 Å². The lowest BCUT2D eigenvalue weighted by Crippen LogP contribution is -2.40. The van der Waals surface area contributed by atoms with Gasteiger partial charge in [0.05, 0.1) is 17.8 Å². The molecule has 0 bridgehead atoms. The van der Waals surface area contributed by atoms with Crippen LogP contribution in [-0.2, 0) is 19.6 Å². The van der Waals surface area contributed by atoms with Crippen molar-refractivity contribution in [2.75, 3.05) is 12.4 Å². The molecule has 0 aromatic heterocycles. The predicted octanol–water partition coefficient (Wildman–Crippen LogP) is 1.84. The summed E-state index contributed by atoms with van der Waals surface area (Å²) in [7, 11) is -2.94. The molecule has 0 aliphatic heterocycles. The molecule has 0 heterocycles. The van der Waals surface area contributed by atoms with E-state index >= 15 is 0 Å². The monoisotopic (exact) mass is 378 g/mol. The predicted molar refractivity (Wildman–Crippen MR) is 89.0 cm³/mol. The molecule has 0 saturated heterocycles. The van der Waals surface area contributed by atoms with Crippen LogP contribution >= 0.6 is 11.6 Å². The number of benzene rings is 1. The zero-order chi connectivity index (χ0) is 18.5. The normalized spacial score (nSPS) is 12.5. The van der Waals surface area contributed by atoms with Crippen molar-refractivity contribution in [3.63, 3.8) is 0 Å². The Hall–Kier alpha value is -1.84. The van der Waals surface area contributed by atoms with Crippen LogP contribution in [0.4, 0.5) is 5.69 Å². The molecular weight excluding hydrogens is 360 g/mol. The molecule has 0 aliphatic carbocycles. The Morgan fingerprint density at radius 2 is 2.00 bits per heavy atom. The Morgan fingerprint density at radius 1 is 1.38 bits per heavy atom. The molecular formula is C14H19ClN2O6S. The molecule has 24 heavy (non-hydrogen) atoms. The molecule has 10 heteroatoms. The molecule has 1 atom stereocenters. The number of carbonyl (C=O) groups excluding carboxylic acids is 1. The molecule has 1 unspecified atom stereocenters. The first-order valence-electron chi connectivity index (χ1n) is 7.02. The van der Waals surface area contributed by atoms with Crippen LogP contribution in [0.1, 0.15) is 26.7 Å². The Morgan fingerprint density at radius 3 is 2.46 bits per heavy atom. The van der Waals surface area contributed by atoms with Crippen molar-refractivity contribution in [1.29, 1.82) is 0 Å². The summed E-state index contributed by atoms with van der Waals surface area (Å²) in [6.45, 7) is 3.02. The zero-order valence-corrected chi connectivity index (χ0v) is 15.0. The fraction of sp³-hybridized carbons (Fsp3) is 0.429. The van der Waals surface area contributed by atoms with Crippen molar-refractivity contribution in [2.24, 2.45) is 0 Å². The Kier molecular flexibility index (Phi) is 7.00. The van der Waals surface area contributed by atoms with E-state index < -0.39 is 22.0 Å². The van der Waals surface area contributed by atoms with Crippen LogP contribution in [0, 0.1) is 0 Å². The number of hydrogen-bond acceptors (Lipinski definition) is 5. The number of ether oxygens (including phenoxy) is 1. The molecule has 0 fully saturated rings. The molecule has 1 aromatic rings. The van der Waals surface area contributed by atoms with Gasteiger partial charge in [-0.15, -0.1) is 0 Å². The second-order valence-corrected chi connectivity index (χ2v) is 7.05. The molecule has 3 N–H and O–H groups in total. The van der Waals surface area contributed by atoms with Crippen molar-refractivity contribution < 1.29 is 27.9 Å². The third-order valence-electron chi connectivity index (χ3n) is 3.03. The second-order valence-electron chi connectivity index (χ2n) is 4.96. The minimum absolute atomic E-state index is 0.0197. The summed E-state index contributed by atoms with van der Waals surface area (Å²) in [5.74, 6) is -1.74. The van der Waals surface area contributed by atoms with Crippen LogP contribution in [0.5, 0.6) is 5.75 Å². The molecule has 8 nitrogen and oxygen atoms in total. The smallest absolute Gasteiger partial charge is 0.321 e. The van der Waals surface area contributed by atoms with Crippen LogP contribution in [0.15, 0.2) is 17.0 Å². The van der Waals surface area contributed by atoms with E-state index in [4.69, 9.17) is 21.4 Å². The average Bonchev–Trinajstić information content (AvgIpc) is 2.47. The number of carbonyl (C=O) groups is 2. The van der Waals surface area contributed by atoms with Crippen molar-refractivity contribution in [1.82, 2.24) is 4.72 Å². The number of sulfonamides is 1. The van der Waals surface area contributed by atoms with E-state index in [2.05, 4.69) is 10.0 Å². The fourth-order valence-electron chi connectivity index (χ4n) is 1.96. The maximum Gasteiger partial charge on any atom is 0.321 e. The first-order chi connectivity index (χ1) is 11.1.